The van der Waals surface area contributed by atoms with Crippen molar-refractivity contribution in [2.75, 3.05) is 0 Å². The first-order valence-electron chi connectivity index (χ1n) is 2.93. The smallest absolute Gasteiger partial charge is 0.292 e. The number of Topliss-reactive ketones (excluding diaryl/α,β-unsaturated/α-hetero) is 1. The van der Waals surface area contributed by atoms with Crippen molar-refractivity contribution in [1.82, 2.24) is 0 Å². The van der Waals surface area contributed by atoms with Crippen LogP contribution in [0.1, 0.15) is 0 Å². The Morgan fingerprint density at radius 3 is 1.14 bits per heavy atom. The molecule has 0 aliphatic rings. The Morgan fingerprint density at radius 1 is 0.786 bits per heavy atom. The second-order valence-electron chi connectivity index (χ2n) is 2.21. The number of halogens is 8. The molecule has 0 aliphatic heterocycles. The molecule has 1 nitrogen and oxygen atoms in total. The first-order valence-corrected chi connectivity index (χ1v) is 2.93. The summed E-state index contributed by atoms with van der Waals surface area (Å²) in [4.78, 5) is 9.95. The maximum Gasteiger partial charge on any atom is 0.427 e. The van der Waals surface area contributed by atoms with Gasteiger partial charge in [0.25, 0.3) is 12.3 Å². The Kier molecular flexibility index (Phi) is 3.46. The Labute approximate surface area is 71.7 Å². The van der Waals surface area contributed by atoms with E-state index in [0.717, 1.165) is 0 Å². The highest BCUT2D eigenvalue weighted by Gasteiger charge is 2.55. The highest BCUT2D eigenvalue weighted by Crippen LogP contribution is 2.30. The lowest BCUT2D eigenvalue weighted by molar-refractivity contribution is -0.210. The fourth-order valence-corrected chi connectivity index (χ4v) is 0.451. The van der Waals surface area contributed by atoms with E-state index in [1.54, 1.807) is 0 Å². The zero-order chi connectivity index (χ0) is 11.7. The maximum absolute atomic E-state index is 11.9. The Balaban J connectivity index is 4.65. The molecule has 0 fully saturated rings. The number of carbonyl (C=O) groups excluding carboxylic acids is 1. The molecule has 0 heterocycles. The summed E-state index contributed by atoms with van der Waals surface area (Å²) >= 11 is 0. The largest absolute Gasteiger partial charge is 0.427 e. The number of hydrogen-bond donors (Lipinski definition) is 0. The summed E-state index contributed by atoms with van der Waals surface area (Å²) in [6.45, 7) is 0. The molecule has 0 saturated heterocycles. The van der Waals surface area contributed by atoms with Crippen molar-refractivity contribution < 1.29 is 39.9 Å². The predicted molar refractivity (Wildman–Crippen MR) is 26.9 cm³/mol. The molecule has 0 aromatic heterocycles. The van der Waals surface area contributed by atoms with E-state index in [4.69, 9.17) is 0 Å². The molecular weight excluding hydrogens is 228 g/mol. The van der Waals surface area contributed by atoms with Crippen LogP contribution < -0.4 is 0 Å². The van der Waals surface area contributed by atoms with E-state index in [-0.39, 0.29) is 0 Å². The van der Waals surface area contributed by atoms with Crippen molar-refractivity contribution in [1.29, 1.82) is 0 Å². The van der Waals surface area contributed by atoms with E-state index >= 15 is 0 Å². The number of alkyl halides is 8. The lowest BCUT2D eigenvalue weighted by atomic mass is 10.1. The Hall–Kier alpha value is -0.890. The highest BCUT2D eigenvalue weighted by molar-refractivity contribution is 5.88. The van der Waals surface area contributed by atoms with Gasteiger partial charge in [-0.05, 0) is 0 Å². The van der Waals surface area contributed by atoms with E-state index in [0.29, 0.717) is 0 Å². The Morgan fingerprint density at radius 2 is 1.00 bits per heavy atom. The minimum absolute atomic E-state index is 3.19. The second-order valence-corrected chi connectivity index (χ2v) is 2.21. The zero-order valence-electron chi connectivity index (χ0n) is 6.09. The number of rotatable bonds is 2. The van der Waals surface area contributed by atoms with E-state index in [9.17, 15) is 39.9 Å². The van der Waals surface area contributed by atoms with Crippen molar-refractivity contribution in [2.45, 2.75) is 24.7 Å². The summed E-state index contributed by atoms with van der Waals surface area (Å²) in [5, 5.41) is 0. The molecule has 0 aromatic carbocycles. The quantitative estimate of drug-likeness (QED) is 0.665. The molecule has 2 unspecified atom stereocenters. The monoisotopic (exact) mass is 230 g/mol. The van der Waals surface area contributed by atoms with Crippen molar-refractivity contribution in [3.05, 3.63) is 0 Å². The number of hydrogen-bond acceptors (Lipinski definition) is 1. The minimum atomic E-state index is -5.83. The van der Waals surface area contributed by atoms with E-state index < -0.39 is 30.5 Å². The fraction of sp³-hybridized carbons (Fsp3) is 0.800. The molecule has 0 radical (unpaired) electrons. The molecular formula is C5H2F8O. The van der Waals surface area contributed by atoms with Gasteiger partial charge in [0.1, 0.15) is 0 Å². The summed E-state index contributed by atoms with van der Waals surface area (Å²) in [6, 6.07) is 0. The van der Waals surface area contributed by atoms with E-state index in [1.807, 2.05) is 0 Å². The summed E-state index contributed by atoms with van der Waals surface area (Å²) in [5.74, 6) is -3.19. The van der Waals surface area contributed by atoms with Crippen LogP contribution in [0.5, 0.6) is 0 Å². The SMILES string of the molecule is O=C(C(F)C(F)(F)F)C(F)C(F)(F)F. The van der Waals surface area contributed by atoms with Gasteiger partial charge in [0.05, 0.1) is 0 Å². The molecule has 0 aliphatic carbocycles. The van der Waals surface area contributed by atoms with Crippen LogP contribution in [0.2, 0.25) is 0 Å². The van der Waals surface area contributed by atoms with Crippen molar-refractivity contribution in [2.24, 2.45) is 0 Å². The van der Waals surface area contributed by atoms with Crippen LogP contribution in [0.15, 0.2) is 0 Å². The lowest BCUT2D eigenvalue weighted by Crippen LogP contribution is -2.43. The molecule has 0 N–H and O–H groups in total. The fourth-order valence-electron chi connectivity index (χ4n) is 0.451. The van der Waals surface area contributed by atoms with Crippen LogP contribution in [0.3, 0.4) is 0 Å². The Bertz CT molecular complexity index is 193. The van der Waals surface area contributed by atoms with Crippen LogP contribution in [-0.2, 0) is 4.79 Å². The third-order valence-corrected chi connectivity index (χ3v) is 1.07. The third-order valence-electron chi connectivity index (χ3n) is 1.07. The van der Waals surface area contributed by atoms with Crippen LogP contribution >= 0.6 is 0 Å². The van der Waals surface area contributed by atoms with Crippen molar-refractivity contribution >= 4 is 5.78 Å². The van der Waals surface area contributed by atoms with Gasteiger partial charge in [0.2, 0.25) is 5.78 Å². The molecule has 0 bridgehead atoms. The normalized spacial score (nSPS) is 17.7. The van der Waals surface area contributed by atoms with Gasteiger partial charge in [-0.3, -0.25) is 4.79 Å². The van der Waals surface area contributed by atoms with Crippen LogP contribution in [0.4, 0.5) is 35.1 Å². The first-order chi connectivity index (χ1) is 5.98. The van der Waals surface area contributed by atoms with Gasteiger partial charge in [-0.1, -0.05) is 0 Å². The molecule has 0 rings (SSSR count). The van der Waals surface area contributed by atoms with Gasteiger partial charge in [0.15, 0.2) is 0 Å². The maximum atomic E-state index is 11.9. The summed E-state index contributed by atoms with van der Waals surface area (Å²) < 4.78 is 91.6. The van der Waals surface area contributed by atoms with Gasteiger partial charge in [-0.2, -0.15) is 26.3 Å². The van der Waals surface area contributed by atoms with Crippen molar-refractivity contribution in [3.8, 4) is 0 Å². The predicted octanol–water partition coefficient (Wildman–Crippen LogP) is 2.36. The zero-order valence-corrected chi connectivity index (χ0v) is 6.09. The first kappa shape index (κ1) is 13.1. The molecule has 84 valence electrons. The molecule has 9 heteroatoms. The summed E-state index contributed by atoms with van der Waals surface area (Å²) in [6.07, 6.45) is -20.6. The molecule has 0 aromatic rings. The summed E-state index contributed by atoms with van der Waals surface area (Å²) in [7, 11) is 0. The highest BCUT2D eigenvalue weighted by atomic mass is 19.4. The van der Waals surface area contributed by atoms with Crippen LogP contribution in [0, 0.1) is 0 Å². The lowest BCUT2D eigenvalue weighted by Gasteiger charge is -2.15. The van der Waals surface area contributed by atoms with E-state index in [1.165, 1.54) is 0 Å². The molecule has 0 spiro atoms. The average molecular weight is 230 g/mol. The minimum Gasteiger partial charge on any atom is -0.292 e. The van der Waals surface area contributed by atoms with E-state index in [2.05, 4.69) is 0 Å². The van der Waals surface area contributed by atoms with Crippen LogP contribution in [0.25, 0.3) is 0 Å². The molecule has 0 saturated carbocycles. The molecule has 0 amide bonds. The molecule has 14 heavy (non-hydrogen) atoms. The second kappa shape index (κ2) is 3.70. The van der Waals surface area contributed by atoms with Gasteiger partial charge < -0.3 is 0 Å². The van der Waals surface area contributed by atoms with Gasteiger partial charge in [-0.15, -0.1) is 0 Å². The third kappa shape index (κ3) is 3.11. The van der Waals surface area contributed by atoms with Gasteiger partial charge >= 0.3 is 12.4 Å². The van der Waals surface area contributed by atoms with Crippen LogP contribution in [-0.4, -0.2) is 30.5 Å². The van der Waals surface area contributed by atoms with Gasteiger partial charge in [-0.25, -0.2) is 8.78 Å². The standard InChI is InChI=1S/C5H2F8O/c6-2(4(8,9)10)1(14)3(7)5(11,12)13/h2-3H. The van der Waals surface area contributed by atoms with Crippen molar-refractivity contribution in [3.63, 3.8) is 0 Å². The number of ketones is 1. The molecule has 2 atom stereocenters. The summed E-state index contributed by atoms with van der Waals surface area (Å²) in [5.41, 5.74) is 0. The number of carbonyl (C=O) groups is 1. The van der Waals surface area contributed by atoms with Gasteiger partial charge in [0, 0.05) is 0 Å². The average Bonchev–Trinajstić information content (AvgIpc) is 1.97. The topological polar surface area (TPSA) is 17.1 Å².